The van der Waals surface area contributed by atoms with Crippen LogP contribution in [0.15, 0.2) is 24.3 Å². The van der Waals surface area contributed by atoms with Gasteiger partial charge in [0.2, 0.25) is 11.6 Å². The average molecular weight is 310 g/mol. The minimum Gasteiger partial charge on any atom is -0.432 e. The number of hydrogen-bond acceptors (Lipinski definition) is 7. The van der Waals surface area contributed by atoms with E-state index in [1.807, 2.05) is 6.92 Å². The van der Waals surface area contributed by atoms with Crippen molar-refractivity contribution in [2.45, 2.75) is 13.3 Å². The highest BCUT2D eigenvalue weighted by atomic mass is 35.5. The topological polar surface area (TPSA) is 116 Å². The van der Waals surface area contributed by atoms with Gasteiger partial charge in [0, 0.05) is 29.6 Å². The van der Waals surface area contributed by atoms with Crippen LogP contribution in [0.5, 0.6) is 11.6 Å². The van der Waals surface area contributed by atoms with Crippen molar-refractivity contribution >= 4 is 23.1 Å². The molecule has 0 unspecified atom stereocenters. The second-order valence-electron chi connectivity index (χ2n) is 3.98. The average Bonchev–Trinajstić information content (AvgIpc) is 2.46. The fraction of sp³-hybridized carbons (Fsp3) is 0.167. The van der Waals surface area contributed by atoms with Crippen LogP contribution in [0.1, 0.15) is 12.7 Å². The van der Waals surface area contributed by atoms with Crippen LogP contribution in [0.2, 0.25) is 5.02 Å². The number of benzene rings is 1. The Hall–Kier alpha value is -2.45. The van der Waals surface area contributed by atoms with Crippen LogP contribution >= 0.6 is 11.6 Å². The van der Waals surface area contributed by atoms with E-state index in [2.05, 4.69) is 15.4 Å². The summed E-state index contributed by atoms with van der Waals surface area (Å²) in [6.45, 7) is 1.86. The van der Waals surface area contributed by atoms with Crippen LogP contribution in [0, 0.1) is 10.1 Å². The van der Waals surface area contributed by atoms with Crippen molar-refractivity contribution in [2.75, 3.05) is 5.43 Å². The Bertz CT molecular complexity index is 658. The normalized spacial score (nSPS) is 10.2. The lowest BCUT2D eigenvalue weighted by Gasteiger charge is -2.08. The van der Waals surface area contributed by atoms with Crippen molar-refractivity contribution in [1.82, 2.24) is 9.97 Å². The van der Waals surface area contributed by atoms with Crippen molar-refractivity contribution in [3.63, 3.8) is 0 Å². The first-order chi connectivity index (χ1) is 10.0. The van der Waals surface area contributed by atoms with E-state index in [-0.39, 0.29) is 17.3 Å². The van der Waals surface area contributed by atoms with Crippen molar-refractivity contribution in [3.05, 3.63) is 45.2 Å². The van der Waals surface area contributed by atoms with Crippen LogP contribution in [0.3, 0.4) is 0 Å². The molecule has 0 radical (unpaired) electrons. The Morgan fingerprint density at radius 1 is 1.43 bits per heavy atom. The number of nitrogens with zero attached hydrogens (tertiary/aromatic N) is 3. The Kier molecular flexibility index (Phi) is 4.51. The standard InChI is InChI=1S/C12H12ClN5O3/c1-2-10-15-11(17-14)6-12(16-10)21-9-5-7(13)3-4-8(9)18(19)20/h3-6H,2,14H2,1H3,(H,15,16,17). The lowest BCUT2D eigenvalue weighted by molar-refractivity contribution is -0.385. The summed E-state index contributed by atoms with van der Waals surface area (Å²) < 4.78 is 5.46. The van der Waals surface area contributed by atoms with Crippen molar-refractivity contribution < 1.29 is 9.66 Å². The zero-order chi connectivity index (χ0) is 15.4. The van der Waals surface area contributed by atoms with Gasteiger partial charge in [0.25, 0.3) is 0 Å². The van der Waals surface area contributed by atoms with Crippen LogP contribution in [0.25, 0.3) is 0 Å². The molecule has 21 heavy (non-hydrogen) atoms. The number of ether oxygens (including phenoxy) is 1. The molecule has 0 bridgehead atoms. The third kappa shape index (κ3) is 3.56. The van der Waals surface area contributed by atoms with Gasteiger partial charge in [0.15, 0.2) is 0 Å². The maximum Gasteiger partial charge on any atom is 0.311 e. The summed E-state index contributed by atoms with van der Waals surface area (Å²) in [5, 5.41) is 11.3. The Balaban J connectivity index is 2.42. The number of nitrogens with two attached hydrogens (primary N) is 1. The zero-order valence-electron chi connectivity index (χ0n) is 11.0. The summed E-state index contributed by atoms with van der Waals surface area (Å²) in [6.07, 6.45) is 0.559. The number of aromatic nitrogens is 2. The van der Waals surface area contributed by atoms with Crippen molar-refractivity contribution in [2.24, 2.45) is 5.84 Å². The molecule has 0 fully saturated rings. The molecule has 2 aromatic rings. The van der Waals surface area contributed by atoms with Gasteiger partial charge in [0.05, 0.1) is 4.92 Å². The van der Waals surface area contributed by atoms with Gasteiger partial charge >= 0.3 is 5.69 Å². The molecule has 0 amide bonds. The number of rotatable bonds is 5. The molecule has 0 aliphatic rings. The molecule has 0 atom stereocenters. The SMILES string of the molecule is CCc1nc(NN)cc(Oc2cc(Cl)ccc2[N+](=O)[O-])n1. The Morgan fingerprint density at radius 2 is 2.19 bits per heavy atom. The monoisotopic (exact) mass is 309 g/mol. The quantitative estimate of drug-likeness (QED) is 0.495. The van der Waals surface area contributed by atoms with Gasteiger partial charge in [-0.1, -0.05) is 18.5 Å². The lowest BCUT2D eigenvalue weighted by Crippen LogP contribution is -2.10. The number of nitro benzene ring substituents is 1. The van der Waals surface area contributed by atoms with Crippen LogP contribution in [-0.2, 0) is 6.42 Å². The van der Waals surface area contributed by atoms with E-state index in [9.17, 15) is 10.1 Å². The first kappa shape index (κ1) is 14.9. The number of nitrogens with one attached hydrogen (secondary N) is 1. The fourth-order valence-corrected chi connectivity index (χ4v) is 1.75. The smallest absolute Gasteiger partial charge is 0.311 e. The van der Waals surface area contributed by atoms with Crippen LogP contribution in [-0.4, -0.2) is 14.9 Å². The molecule has 3 N–H and O–H groups in total. The van der Waals surface area contributed by atoms with Crippen LogP contribution in [0.4, 0.5) is 11.5 Å². The summed E-state index contributed by atoms with van der Waals surface area (Å²) in [7, 11) is 0. The molecule has 110 valence electrons. The molecular weight excluding hydrogens is 298 g/mol. The van der Waals surface area contributed by atoms with E-state index in [1.165, 1.54) is 24.3 Å². The third-order valence-electron chi connectivity index (χ3n) is 2.55. The lowest BCUT2D eigenvalue weighted by atomic mass is 10.3. The second-order valence-corrected chi connectivity index (χ2v) is 4.41. The predicted octanol–water partition coefficient (Wildman–Crippen LogP) is 2.68. The summed E-state index contributed by atoms with van der Waals surface area (Å²) in [5.74, 6) is 6.29. The summed E-state index contributed by atoms with van der Waals surface area (Å²) >= 11 is 5.84. The minimum absolute atomic E-state index is 0.00350. The maximum absolute atomic E-state index is 11.0. The molecular formula is C12H12ClN5O3. The molecule has 2 rings (SSSR count). The summed E-state index contributed by atoms with van der Waals surface area (Å²) in [4.78, 5) is 18.7. The molecule has 1 heterocycles. The number of nitro groups is 1. The van der Waals surface area contributed by atoms with Gasteiger partial charge in [-0.25, -0.2) is 10.8 Å². The Labute approximate surface area is 125 Å². The van der Waals surface area contributed by atoms with E-state index in [0.717, 1.165) is 0 Å². The molecule has 0 aliphatic carbocycles. The Morgan fingerprint density at radius 3 is 2.81 bits per heavy atom. The maximum atomic E-state index is 11.0. The van der Waals surface area contributed by atoms with E-state index < -0.39 is 4.92 Å². The predicted molar refractivity (Wildman–Crippen MR) is 77.4 cm³/mol. The fourth-order valence-electron chi connectivity index (χ4n) is 1.59. The molecule has 1 aromatic carbocycles. The highest BCUT2D eigenvalue weighted by Crippen LogP contribution is 2.33. The summed E-state index contributed by atoms with van der Waals surface area (Å²) in [5.41, 5.74) is 2.18. The molecule has 0 aliphatic heterocycles. The van der Waals surface area contributed by atoms with Crippen molar-refractivity contribution in [1.29, 1.82) is 0 Å². The number of halogens is 1. The molecule has 8 nitrogen and oxygen atoms in total. The van der Waals surface area contributed by atoms with Gasteiger partial charge in [0.1, 0.15) is 11.6 Å². The first-order valence-electron chi connectivity index (χ1n) is 6.00. The summed E-state index contributed by atoms with van der Waals surface area (Å²) in [6, 6.07) is 5.46. The molecule has 0 saturated carbocycles. The molecule has 0 saturated heterocycles. The van der Waals surface area contributed by atoms with Crippen LogP contribution < -0.4 is 16.0 Å². The van der Waals surface area contributed by atoms with E-state index in [0.29, 0.717) is 23.1 Å². The highest BCUT2D eigenvalue weighted by Gasteiger charge is 2.17. The van der Waals surface area contributed by atoms with E-state index in [1.54, 1.807) is 0 Å². The van der Waals surface area contributed by atoms with E-state index >= 15 is 0 Å². The van der Waals surface area contributed by atoms with Crippen molar-refractivity contribution in [3.8, 4) is 11.6 Å². The van der Waals surface area contributed by atoms with E-state index in [4.69, 9.17) is 22.2 Å². The highest BCUT2D eigenvalue weighted by molar-refractivity contribution is 6.30. The molecule has 1 aromatic heterocycles. The largest absolute Gasteiger partial charge is 0.432 e. The van der Waals surface area contributed by atoms with Gasteiger partial charge < -0.3 is 10.2 Å². The first-order valence-corrected chi connectivity index (χ1v) is 6.37. The zero-order valence-corrected chi connectivity index (χ0v) is 11.8. The van der Waals surface area contributed by atoms with Gasteiger partial charge in [-0.15, -0.1) is 0 Å². The second kappa shape index (κ2) is 6.33. The van der Waals surface area contributed by atoms with Gasteiger partial charge in [-0.2, -0.15) is 4.98 Å². The molecule has 0 spiro atoms. The van der Waals surface area contributed by atoms with Gasteiger partial charge in [-0.05, 0) is 6.07 Å². The number of hydrogen-bond donors (Lipinski definition) is 2. The third-order valence-corrected chi connectivity index (χ3v) is 2.78. The number of aryl methyl sites for hydroxylation is 1. The number of anilines is 1. The number of nitrogen functional groups attached to an aromatic ring is 1. The number of hydrazine groups is 1. The molecule has 9 heteroatoms. The van der Waals surface area contributed by atoms with Gasteiger partial charge in [-0.3, -0.25) is 10.1 Å². The minimum atomic E-state index is -0.560.